The SMILES string of the molecule is CCC(C)c1c(-c2ccccc2)c(O)c(O)n1CCCn1ccnc1. The Morgan fingerprint density at radius 2 is 1.88 bits per heavy atom. The average Bonchev–Trinajstić information content (AvgIpc) is 3.24. The van der Waals surface area contributed by atoms with Gasteiger partial charge in [0.15, 0.2) is 5.75 Å². The molecule has 5 heteroatoms. The predicted molar refractivity (Wildman–Crippen MR) is 98.7 cm³/mol. The lowest BCUT2D eigenvalue weighted by molar-refractivity contribution is 0.364. The molecule has 0 amide bonds. The maximum Gasteiger partial charge on any atom is 0.235 e. The quantitative estimate of drug-likeness (QED) is 0.672. The van der Waals surface area contributed by atoms with Gasteiger partial charge in [-0.15, -0.1) is 0 Å². The molecule has 1 aromatic carbocycles. The summed E-state index contributed by atoms with van der Waals surface area (Å²) in [7, 11) is 0. The molecule has 0 aliphatic rings. The van der Waals surface area contributed by atoms with Crippen molar-refractivity contribution in [3.05, 3.63) is 54.7 Å². The second kappa shape index (κ2) is 7.47. The van der Waals surface area contributed by atoms with Gasteiger partial charge in [0.25, 0.3) is 0 Å². The van der Waals surface area contributed by atoms with Crippen LogP contribution in [0.15, 0.2) is 49.1 Å². The highest BCUT2D eigenvalue weighted by atomic mass is 16.3. The molecule has 2 aromatic heterocycles. The summed E-state index contributed by atoms with van der Waals surface area (Å²) in [5.74, 6) is 0.166. The van der Waals surface area contributed by atoms with E-state index >= 15 is 0 Å². The topological polar surface area (TPSA) is 63.2 Å². The summed E-state index contributed by atoms with van der Waals surface area (Å²) in [6, 6.07) is 9.78. The Bertz CT molecular complexity index is 807. The Kier molecular flexibility index (Phi) is 5.12. The highest BCUT2D eigenvalue weighted by molar-refractivity contribution is 5.77. The molecule has 1 atom stereocenters. The number of imidazole rings is 1. The lowest BCUT2D eigenvalue weighted by atomic mass is 9.96. The van der Waals surface area contributed by atoms with Gasteiger partial charge in [0.2, 0.25) is 5.88 Å². The Balaban J connectivity index is 1.96. The third kappa shape index (κ3) is 3.40. The molecule has 2 N–H and O–H groups in total. The highest BCUT2D eigenvalue weighted by Crippen LogP contribution is 2.45. The predicted octanol–water partition coefficient (Wildman–Crippen LogP) is 4.37. The Morgan fingerprint density at radius 1 is 1.12 bits per heavy atom. The molecule has 0 saturated carbocycles. The molecule has 5 nitrogen and oxygen atoms in total. The zero-order chi connectivity index (χ0) is 17.8. The van der Waals surface area contributed by atoms with Crippen LogP contribution in [-0.4, -0.2) is 24.3 Å². The van der Waals surface area contributed by atoms with Crippen LogP contribution in [0.5, 0.6) is 11.6 Å². The first-order chi connectivity index (χ1) is 12.1. The molecule has 3 rings (SSSR count). The zero-order valence-corrected chi connectivity index (χ0v) is 14.8. The van der Waals surface area contributed by atoms with Crippen LogP contribution in [0.25, 0.3) is 11.1 Å². The lowest BCUT2D eigenvalue weighted by Gasteiger charge is -2.17. The molecule has 0 saturated heterocycles. The summed E-state index contributed by atoms with van der Waals surface area (Å²) in [6.45, 7) is 5.71. The molecule has 0 aliphatic heterocycles. The minimum Gasteiger partial charge on any atom is -0.503 e. The standard InChI is InChI=1S/C20H25N3O2/c1-3-15(2)18-17(16-8-5-4-6-9-16)19(24)20(25)23(18)12-7-11-22-13-10-21-14-22/h4-6,8-10,13-15,24-25H,3,7,11-12H2,1-2H3. The molecule has 3 aromatic rings. The third-order valence-electron chi connectivity index (χ3n) is 4.75. The Morgan fingerprint density at radius 3 is 2.52 bits per heavy atom. The van der Waals surface area contributed by atoms with Crippen molar-refractivity contribution in [2.75, 3.05) is 0 Å². The number of nitrogens with zero attached hydrogens (tertiary/aromatic N) is 3. The van der Waals surface area contributed by atoms with Crippen LogP contribution >= 0.6 is 0 Å². The van der Waals surface area contributed by atoms with E-state index in [2.05, 4.69) is 18.8 Å². The van der Waals surface area contributed by atoms with E-state index in [1.165, 1.54) is 0 Å². The summed E-state index contributed by atoms with van der Waals surface area (Å²) < 4.78 is 3.88. The van der Waals surface area contributed by atoms with Crippen molar-refractivity contribution >= 4 is 0 Å². The van der Waals surface area contributed by atoms with Crippen LogP contribution in [0.4, 0.5) is 0 Å². The number of hydrogen-bond donors (Lipinski definition) is 2. The van der Waals surface area contributed by atoms with Crippen LogP contribution in [0.1, 0.15) is 38.3 Å². The monoisotopic (exact) mass is 339 g/mol. The highest BCUT2D eigenvalue weighted by Gasteiger charge is 2.25. The summed E-state index contributed by atoms with van der Waals surface area (Å²) in [5.41, 5.74) is 2.67. The minimum absolute atomic E-state index is 0.0240. The van der Waals surface area contributed by atoms with Gasteiger partial charge in [-0.05, 0) is 24.3 Å². The molecule has 132 valence electrons. The molecule has 2 heterocycles. The van der Waals surface area contributed by atoms with Crippen molar-refractivity contribution in [1.82, 2.24) is 14.1 Å². The fraction of sp³-hybridized carbons (Fsp3) is 0.350. The van der Waals surface area contributed by atoms with E-state index in [1.807, 2.05) is 45.7 Å². The van der Waals surface area contributed by atoms with Crippen molar-refractivity contribution in [3.63, 3.8) is 0 Å². The third-order valence-corrected chi connectivity index (χ3v) is 4.75. The van der Waals surface area contributed by atoms with E-state index in [-0.39, 0.29) is 17.5 Å². The van der Waals surface area contributed by atoms with Crippen LogP contribution in [0, 0.1) is 0 Å². The molecule has 0 spiro atoms. The maximum atomic E-state index is 10.6. The second-order valence-corrected chi connectivity index (χ2v) is 6.41. The van der Waals surface area contributed by atoms with E-state index in [9.17, 15) is 10.2 Å². The van der Waals surface area contributed by atoms with Crippen molar-refractivity contribution in [3.8, 4) is 22.8 Å². The van der Waals surface area contributed by atoms with Crippen molar-refractivity contribution in [2.24, 2.45) is 0 Å². The molecular weight excluding hydrogens is 314 g/mol. The lowest BCUT2D eigenvalue weighted by Crippen LogP contribution is -2.08. The van der Waals surface area contributed by atoms with Gasteiger partial charge in [0.1, 0.15) is 0 Å². The number of aromatic hydroxyl groups is 2. The van der Waals surface area contributed by atoms with Gasteiger partial charge >= 0.3 is 0 Å². The summed E-state index contributed by atoms with van der Waals surface area (Å²) in [6.07, 6.45) is 7.26. The second-order valence-electron chi connectivity index (χ2n) is 6.41. The van der Waals surface area contributed by atoms with Gasteiger partial charge in [-0.3, -0.25) is 0 Å². The zero-order valence-electron chi connectivity index (χ0n) is 14.8. The molecule has 1 unspecified atom stereocenters. The maximum absolute atomic E-state index is 10.6. The first kappa shape index (κ1) is 17.1. The fourth-order valence-electron chi connectivity index (χ4n) is 3.26. The van der Waals surface area contributed by atoms with Gasteiger partial charge in [0, 0.05) is 36.7 Å². The van der Waals surface area contributed by atoms with Gasteiger partial charge in [-0.1, -0.05) is 44.2 Å². The molecule has 0 aliphatic carbocycles. The van der Waals surface area contributed by atoms with Crippen LogP contribution in [0.2, 0.25) is 0 Å². The number of benzene rings is 1. The van der Waals surface area contributed by atoms with Crippen molar-refractivity contribution in [1.29, 1.82) is 0 Å². The molecule has 0 radical (unpaired) electrons. The smallest absolute Gasteiger partial charge is 0.235 e. The number of aromatic nitrogens is 3. The fourth-order valence-corrected chi connectivity index (χ4v) is 3.26. The average molecular weight is 339 g/mol. The van der Waals surface area contributed by atoms with Crippen LogP contribution in [-0.2, 0) is 13.1 Å². The van der Waals surface area contributed by atoms with E-state index in [4.69, 9.17) is 0 Å². The first-order valence-corrected chi connectivity index (χ1v) is 8.79. The van der Waals surface area contributed by atoms with E-state index < -0.39 is 0 Å². The van der Waals surface area contributed by atoms with Gasteiger partial charge in [0.05, 0.1) is 6.33 Å². The molecule has 25 heavy (non-hydrogen) atoms. The van der Waals surface area contributed by atoms with Crippen molar-refractivity contribution in [2.45, 2.75) is 45.7 Å². The van der Waals surface area contributed by atoms with E-state index in [0.717, 1.165) is 36.2 Å². The molecule has 0 fully saturated rings. The largest absolute Gasteiger partial charge is 0.503 e. The van der Waals surface area contributed by atoms with Gasteiger partial charge < -0.3 is 19.3 Å². The van der Waals surface area contributed by atoms with E-state index in [1.54, 1.807) is 12.5 Å². The minimum atomic E-state index is -0.0419. The normalized spacial score (nSPS) is 12.4. The van der Waals surface area contributed by atoms with Gasteiger partial charge in [-0.2, -0.15) is 0 Å². The summed E-state index contributed by atoms with van der Waals surface area (Å²) in [4.78, 5) is 4.05. The number of aryl methyl sites for hydroxylation is 1. The van der Waals surface area contributed by atoms with Gasteiger partial charge in [-0.25, -0.2) is 4.98 Å². The van der Waals surface area contributed by atoms with Crippen molar-refractivity contribution < 1.29 is 10.2 Å². The van der Waals surface area contributed by atoms with E-state index in [0.29, 0.717) is 6.54 Å². The summed E-state index contributed by atoms with van der Waals surface area (Å²) in [5, 5.41) is 21.2. The number of rotatable bonds is 7. The first-order valence-electron chi connectivity index (χ1n) is 8.79. The number of hydrogen-bond acceptors (Lipinski definition) is 3. The molecule has 0 bridgehead atoms. The van der Waals surface area contributed by atoms with Crippen LogP contribution in [0.3, 0.4) is 0 Å². The molecular formula is C20H25N3O2. The van der Waals surface area contributed by atoms with Crippen LogP contribution < -0.4 is 0 Å². The Hall–Kier alpha value is -2.69. The summed E-state index contributed by atoms with van der Waals surface area (Å²) >= 11 is 0. The Labute approximate surface area is 148 Å².